The highest BCUT2D eigenvalue weighted by Crippen LogP contribution is 2.28. The first kappa shape index (κ1) is 32.1. The second-order valence-electron chi connectivity index (χ2n) is 10.9. The van der Waals surface area contributed by atoms with E-state index in [1.54, 1.807) is 17.3 Å². The molecule has 2 amide bonds. The standard InChI is InChI=1S/C31H49N3O3S/c1-6-7-14-25(24(2)3)21-33(4)19-11-9-8-10-12-20-38-29-16-13-15-26(23-35)27(29)22-34(5)28-17-18-30(36)32-31(28)37/h13,15-16,21,23-24,28H,6-12,14,17-20,22H2,1-5H3,(H,32,36,37)/b25-21+. The fraction of sp³-hybridized carbons (Fsp3) is 0.645. The van der Waals surface area contributed by atoms with E-state index in [0.29, 0.717) is 30.9 Å². The summed E-state index contributed by atoms with van der Waals surface area (Å²) >= 11 is 1.79. The van der Waals surface area contributed by atoms with E-state index >= 15 is 0 Å². The lowest BCUT2D eigenvalue weighted by Crippen LogP contribution is -2.51. The number of aldehydes is 1. The monoisotopic (exact) mass is 543 g/mol. The van der Waals surface area contributed by atoms with E-state index in [2.05, 4.69) is 50.3 Å². The van der Waals surface area contributed by atoms with Crippen molar-refractivity contribution in [3.63, 3.8) is 0 Å². The minimum absolute atomic E-state index is 0.212. The molecule has 1 aromatic carbocycles. The summed E-state index contributed by atoms with van der Waals surface area (Å²) in [4.78, 5) is 41.0. The Morgan fingerprint density at radius 3 is 2.53 bits per heavy atom. The van der Waals surface area contributed by atoms with Crippen LogP contribution in [0.2, 0.25) is 0 Å². The summed E-state index contributed by atoms with van der Waals surface area (Å²) in [6.07, 6.45) is 13.9. The van der Waals surface area contributed by atoms with E-state index in [1.807, 2.05) is 24.1 Å². The first-order valence-electron chi connectivity index (χ1n) is 14.4. The van der Waals surface area contributed by atoms with Crippen molar-refractivity contribution in [1.82, 2.24) is 15.1 Å². The predicted molar refractivity (Wildman–Crippen MR) is 158 cm³/mol. The number of likely N-dealkylation sites (N-methyl/N-ethyl adjacent to an activating group) is 1. The quantitative estimate of drug-likeness (QED) is 0.0994. The van der Waals surface area contributed by atoms with Crippen molar-refractivity contribution >= 4 is 29.9 Å². The molecule has 0 saturated carbocycles. The number of hydrogen-bond donors (Lipinski definition) is 1. The largest absolute Gasteiger partial charge is 0.380 e. The van der Waals surface area contributed by atoms with Crippen molar-refractivity contribution in [3.05, 3.63) is 41.1 Å². The summed E-state index contributed by atoms with van der Waals surface area (Å²) in [6, 6.07) is 5.48. The Bertz CT molecular complexity index is 931. The zero-order chi connectivity index (χ0) is 27.9. The molecule has 1 aliphatic heterocycles. The number of allylic oxidation sites excluding steroid dienone is 1. The minimum atomic E-state index is -0.354. The summed E-state index contributed by atoms with van der Waals surface area (Å²) < 4.78 is 0. The van der Waals surface area contributed by atoms with Crippen LogP contribution in [0.5, 0.6) is 0 Å². The summed E-state index contributed by atoms with van der Waals surface area (Å²) in [5.74, 6) is 1.17. The lowest BCUT2D eigenvalue weighted by Gasteiger charge is -2.30. The highest BCUT2D eigenvalue weighted by atomic mass is 32.2. The maximum absolute atomic E-state index is 12.3. The van der Waals surface area contributed by atoms with Gasteiger partial charge in [-0.1, -0.05) is 64.2 Å². The molecule has 1 saturated heterocycles. The molecule has 1 heterocycles. The van der Waals surface area contributed by atoms with Gasteiger partial charge in [-0.3, -0.25) is 24.6 Å². The van der Waals surface area contributed by atoms with E-state index < -0.39 is 0 Å². The molecule has 38 heavy (non-hydrogen) atoms. The molecule has 1 atom stereocenters. The number of piperidine rings is 1. The highest BCUT2D eigenvalue weighted by molar-refractivity contribution is 7.99. The summed E-state index contributed by atoms with van der Waals surface area (Å²) in [5, 5.41) is 2.43. The fourth-order valence-electron chi connectivity index (χ4n) is 4.87. The van der Waals surface area contributed by atoms with Crippen molar-refractivity contribution in [2.45, 2.75) is 102 Å². The van der Waals surface area contributed by atoms with Crippen LogP contribution in [-0.2, 0) is 16.1 Å². The van der Waals surface area contributed by atoms with Gasteiger partial charge < -0.3 is 4.90 Å². The van der Waals surface area contributed by atoms with Crippen LogP contribution in [0.25, 0.3) is 0 Å². The topological polar surface area (TPSA) is 69.7 Å². The average molecular weight is 544 g/mol. The van der Waals surface area contributed by atoms with E-state index in [-0.39, 0.29) is 17.9 Å². The Morgan fingerprint density at radius 1 is 1.11 bits per heavy atom. The van der Waals surface area contributed by atoms with Crippen molar-refractivity contribution in [3.8, 4) is 0 Å². The lowest BCUT2D eigenvalue weighted by molar-refractivity contribution is -0.137. The van der Waals surface area contributed by atoms with Crippen molar-refractivity contribution in [2.24, 2.45) is 5.92 Å². The number of nitrogens with one attached hydrogen (secondary N) is 1. The van der Waals surface area contributed by atoms with Gasteiger partial charge in [-0.15, -0.1) is 11.8 Å². The molecular formula is C31H49N3O3S. The van der Waals surface area contributed by atoms with Gasteiger partial charge in [-0.2, -0.15) is 0 Å². The molecule has 1 fully saturated rings. The number of carbonyl (C=O) groups is 3. The SMILES string of the molecule is CCCC/C(=C\N(C)CCCCCCCSc1cccc(C=O)c1CN(C)C1CCC(=O)NC1=O)C(C)C. The molecule has 212 valence electrons. The van der Waals surface area contributed by atoms with E-state index in [4.69, 9.17) is 0 Å². The molecule has 1 aliphatic rings. The summed E-state index contributed by atoms with van der Waals surface area (Å²) in [6.45, 7) is 8.46. The highest BCUT2D eigenvalue weighted by Gasteiger charge is 2.30. The number of imide groups is 1. The van der Waals surface area contributed by atoms with Crippen molar-refractivity contribution in [1.29, 1.82) is 0 Å². The van der Waals surface area contributed by atoms with Gasteiger partial charge in [0.2, 0.25) is 11.8 Å². The number of unbranched alkanes of at least 4 members (excludes halogenated alkanes) is 5. The molecule has 0 aliphatic carbocycles. The molecule has 0 spiro atoms. The third-order valence-electron chi connectivity index (χ3n) is 7.31. The third-order valence-corrected chi connectivity index (χ3v) is 8.49. The van der Waals surface area contributed by atoms with Gasteiger partial charge in [-0.25, -0.2) is 0 Å². The van der Waals surface area contributed by atoms with Gasteiger partial charge in [0.1, 0.15) is 6.29 Å². The van der Waals surface area contributed by atoms with Gasteiger partial charge >= 0.3 is 0 Å². The van der Waals surface area contributed by atoms with Crippen LogP contribution in [0.15, 0.2) is 34.9 Å². The second-order valence-corrected chi connectivity index (χ2v) is 12.0. The summed E-state index contributed by atoms with van der Waals surface area (Å²) in [7, 11) is 4.09. The van der Waals surface area contributed by atoms with Gasteiger partial charge in [0.25, 0.3) is 0 Å². The van der Waals surface area contributed by atoms with Gasteiger partial charge in [-0.05, 0) is 68.7 Å². The van der Waals surface area contributed by atoms with Crippen LogP contribution in [0.4, 0.5) is 0 Å². The number of hydrogen-bond acceptors (Lipinski definition) is 6. The lowest BCUT2D eigenvalue weighted by atomic mass is 9.98. The van der Waals surface area contributed by atoms with Gasteiger partial charge in [0.15, 0.2) is 0 Å². The van der Waals surface area contributed by atoms with Crippen LogP contribution in [-0.4, -0.2) is 60.3 Å². The molecule has 7 heteroatoms. The number of amides is 2. The smallest absolute Gasteiger partial charge is 0.243 e. The molecule has 1 unspecified atom stereocenters. The second kappa shape index (κ2) is 17.5. The maximum Gasteiger partial charge on any atom is 0.243 e. The number of nitrogens with zero attached hydrogens (tertiary/aromatic N) is 2. The summed E-state index contributed by atoms with van der Waals surface area (Å²) in [5.41, 5.74) is 3.20. The number of carbonyl (C=O) groups excluding carboxylic acids is 3. The zero-order valence-electron chi connectivity index (χ0n) is 24.3. The van der Waals surface area contributed by atoms with Crippen molar-refractivity contribution in [2.75, 3.05) is 26.4 Å². The first-order chi connectivity index (χ1) is 18.3. The number of benzene rings is 1. The van der Waals surface area contributed by atoms with Crippen molar-refractivity contribution < 1.29 is 14.4 Å². The maximum atomic E-state index is 12.3. The fourth-order valence-corrected chi connectivity index (χ4v) is 5.97. The normalized spacial score (nSPS) is 16.3. The van der Waals surface area contributed by atoms with E-state index in [0.717, 1.165) is 35.5 Å². The minimum Gasteiger partial charge on any atom is -0.380 e. The van der Waals surface area contributed by atoms with Crippen LogP contribution < -0.4 is 5.32 Å². The Morgan fingerprint density at radius 2 is 1.84 bits per heavy atom. The molecule has 6 nitrogen and oxygen atoms in total. The Hall–Kier alpha value is -2.12. The van der Waals surface area contributed by atoms with Gasteiger partial charge in [0.05, 0.1) is 6.04 Å². The van der Waals surface area contributed by atoms with Crippen LogP contribution in [0, 0.1) is 5.92 Å². The number of rotatable bonds is 18. The zero-order valence-corrected chi connectivity index (χ0v) is 25.1. The molecule has 0 aromatic heterocycles. The first-order valence-corrected chi connectivity index (χ1v) is 15.4. The third kappa shape index (κ3) is 10.9. The molecule has 1 aromatic rings. The van der Waals surface area contributed by atoms with Crippen LogP contribution in [0.3, 0.4) is 0 Å². The van der Waals surface area contributed by atoms with E-state index in [9.17, 15) is 14.4 Å². The Labute approximate surface area is 235 Å². The molecule has 0 radical (unpaired) electrons. The van der Waals surface area contributed by atoms with Gasteiger partial charge in [0, 0.05) is 37.0 Å². The van der Waals surface area contributed by atoms with Crippen LogP contribution in [0.1, 0.15) is 101 Å². The average Bonchev–Trinajstić information content (AvgIpc) is 2.88. The van der Waals surface area contributed by atoms with Crippen LogP contribution >= 0.6 is 11.8 Å². The Balaban J connectivity index is 1.76. The predicted octanol–water partition coefficient (Wildman–Crippen LogP) is 6.44. The molecule has 1 N–H and O–H groups in total. The molecule has 0 bridgehead atoms. The molecular weight excluding hydrogens is 494 g/mol. The Kier molecular flexibility index (Phi) is 14.8. The molecule has 2 rings (SSSR count). The number of thioether (sulfide) groups is 1. The van der Waals surface area contributed by atoms with E-state index in [1.165, 1.54) is 44.9 Å².